The quantitative estimate of drug-likeness (QED) is 0.493. The summed E-state index contributed by atoms with van der Waals surface area (Å²) < 4.78 is 2.17. The second kappa shape index (κ2) is 10.6. The van der Waals surface area contributed by atoms with Crippen molar-refractivity contribution in [3.05, 3.63) is 57.8 Å². The zero-order valence-electron chi connectivity index (χ0n) is 20.3. The van der Waals surface area contributed by atoms with Crippen LogP contribution in [0.15, 0.2) is 35.2 Å². The first-order chi connectivity index (χ1) is 16.4. The molecule has 0 bridgehead atoms. The molecule has 0 aliphatic carbocycles. The Hall–Kier alpha value is -2.80. The Kier molecular flexibility index (Phi) is 7.61. The van der Waals surface area contributed by atoms with Gasteiger partial charge < -0.3 is 9.47 Å². The number of imide groups is 1. The first-order valence-corrected chi connectivity index (χ1v) is 13.0. The SMILES string of the molecule is CCCCc1ccc(-n2c(C)cc(/C=C3\SC(=O)N(CC(=O)N4CCCCC4)C3=O)c2C)cc1. The van der Waals surface area contributed by atoms with Crippen molar-refractivity contribution in [1.82, 2.24) is 14.4 Å². The Morgan fingerprint density at radius 1 is 1.06 bits per heavy atom. The van der Waals surface area contributed by atoms with Crippen molar-refractivity contribution in [2.75, 3.05) is 19.6 Å². The zero-order chi connectivity index (χ0) is 24.2. The molecule has 2 saturated heterocycles. The summed E-state index contributed by atoms with van der Waals surface area (Å²) in [6, 6.07) is 10.7. The third kappa shape index (κ3) is 5.14. The highest BCUT2D eigenvalue weighted by atomic mass is 32.2. The minimum absolute atomic E-state index is 0.149. The minimum atomic E-state index is -0.384. The Labute approximate surface area is 206 Å². The van der Waals surface area contributed by atoms with E-state index >= 15 is 0 Å². The summed E-state index contributed by atoms with van der Waals surface area (Å²) >= 11 is 0.913. The van der Waals surface area contributed by atoms with Crippen LogP contribution in [-0.4, -0.2) is 51.1 Å². The van der Waals surface area contributed by atoms with Gasteiger partial charge in [-0.05, 0) is 93.1 Å². The minimum Gasteiger partial charge on any atom is -0.341 e. The molecule has 2 aromatic rings. The molecule has 0 saturated carbocycles. The third-order valence-corrected chi connectivity index (χ3v) is 7.55. The summed E-state index contributed by atoms with van der Waals surface area (Å²) in [6.07, 6.45) is 8.31. The molecule has 0 spiro atoms. The number of amides is 3. The number of piperidine rings is 1. The summed E-state index contributed by atoms with van der Waals surface area (Å²) in [7, 11) is 0. The van der Waals surface area contributed by atoms with Gasteiger partial charge >= 0.3 is 0 Å². The number of thioether (sulfide) groups is 1. The Morgan fingerprint density at radius 3 is 2.44 bits per heavy atom. The molecule has 3 amide bonds. The molecule has 34 heavy (non-hydrogen) atoms. The molecule has 1 aromatic carbocycles. The van der Waals surface area contributed by atoms with Gasteiger partial charge in [0.05, 0.1) is 4.91 Å². The first-order valence-electron chi connectivity index (χ1n) is 12.2. The van der Waals surface area contributed by atoms with Gasteiger partial charge in [-0.3, -0.25) is 19.3 Å². The maximum absolute atomic E-state index is 13.0. The number of aryl methyl sites for hydroxylation is 2. The van der Waals surface area contributed by atoms with E-state index in [-0.39, 0.29) is 23.6 Å². The molecule has 6 nitrogen and oxygen atoms in total. The topological polar surface area (TPSA) is 62.6 Å². The fourth-order valence-corrected chi connectivity index (χ4v) is 5.51. The molecule has 2 aliphatic heterocycles. The zero-order valence-corrected chi connectivity index (χ0v) is 21.1. The van der Waals surface area contributed by atoms with Crippen LogP contribution in [0.25, 0.3) is 11.8 Å². The van der Waals surface area contributed by atoms with Crippen LogP contribution in [0, 0.1) is 13.8 Å². The number of hydrogen-bond donors (Lipinski definition) is 0. The number of carbonyl (C=O) groups excluding carboxylic acids is 3. The summed E-state index contributed by atoms with van der Waals surface area (Å²) in [5.74, 6) is -0.533. The highest BCUT2D eigenvalue weighted by molar-refractivity contribution is 8.18. The average molecular weight is 480 g/mol. The molecule has 2 fully saturated rings. The summed E-state index contributed by atoms with van der Waals surface area (Å²) in [5, 5.41) is -0.377. The second-order valence-electron chi connectivity index (χ2n) is 9.14. The number of carbonyl (C=O) groups is 3. The number of unbranched alkanes of at least 4 members (excludes halogenated alkanes) is 1. The van der Waals surface area contributed by atoms with Crippen LogP contribution < -0.4 is 0 Å². The molecule has 7 heteroatoms. The molecule has 4 rings (SSSR count). The molecule has 3 heterocycles. The van der Waals surface area contributed by atoms with Crippen molar-refractivity contribution in [1.29, 1.82) is 0 Å². The van der Waals surface area contributed by atoms with Crippen LogP contribution in [0.2, 0.25) is 0 Å². The standard InChI is InChI=1S/C27H33N3O3S/c1-4-5-9-21-10-12-23(13-11-21)30-19(2)16-22(20(30)3)17-24-26(32)29(27(33)34-24)18-25(31)28-14-7-6-8-15-28/h10-13,16-17H,4-9,14-15,18H2,1-3H3/b24-17-. The molecule has 0 N–H and O–H groups in total. The lowest BCUT2D eigenvalue weighted by atomic mass is 10.1. The van der Waals surface area contributed by atoms with Gasteiger partial charge in [-0.1, -0.05) is 25.5 Å². The van der Waals surface area contributed by atoms with E-state index in [1.807, 2.05) is 19.9 Å². The monoisotopic (exact) mass is 479 g/mol. The van der Waals surface area contributed by atoms with Crippen LogP contribution in [0.5, 0.6) is 0 Å². The lowest BCUT2D eigenvalue weighted by molar-refractivity contribution is -0.136. The number of nitrogens with zero attached hydrogens (tertiary/aromatic N) is 3. The number of rotatable bonds is 7. The number of hydrogen-bond acceptors (Lipinski definition) is 4. The molecule has 1 aromatic heterocycles. The van der Waals surface area contributed by atoms with Gasteiger partial charge in [0.2, 0.25) is 5.91 Å². The van der Waals surface area contributed by atoms with Crippen LogP contribution in [0.1, 0.15) is 61.5 Å². The number of likely N-dealkylation sites (tertiary alicyclic amines) is 1. The lowest BCUT2D eigenvalue weighted by Gasteiger charge is -2.27. The number of benzene rings is 1. The van der Waals surface area contributed by atoms with Gasteiger partial charge in [0, 0.05) is 30.2 Å². The Balaban J connectivity index is 1.51. The number of aromatic nitrogens is 1. The van der Waals surface area contributed by atoms with Crippen molar-refractivity contribution < 1.29 is 14.4 Å². The highest BCUT2D eigenvalue weighted by Crippen LogP contribution is 2.34. The molecule has 0 radical (unpaired) electrons. The van der Waals surface area contributed by atoms with Gasteiger partial charge in [0.15, 0.2) is 0 Å². The van der Waals surface area contributed by atoms with Gasteiger partial charge in [-0.2, -0.15) is 0 Å². The van der Waals surface area contributed by atoms with Crippen molar-refractivity contribution >= 4 is 34.9 Å². The predicted octanol–water partition coefficient (Wildman–Crippen LogP) is 5.49. The van der Waals surface area contributed by atoms with E-state index in [1.165, 1.54) is 18.4 Å². The summed E-state index contributed by atoms with van der Waals surface area (Å²) in [5.41, 5.74) is 5.39. The smallest absolute Gasteiger partial charge is 0.294 e. The predicted molar refractivity (Wildman–Crippen MR) is 137 cm³/mol. The summed E-state index contributed by atoms with van der Waals surface area (Å²) in [6.45, 7) is 7.49. The van der Waals surface area contributed by atoms with Crippen molar-refractivity contribution in [3.63, 3.8) is 0 Å². The fraction of sp³-hybridized carbons (Fsp3) is 0.444. The Morgan fingerprint density at radius 2 is 1.76 bits per heavy atom. The maximum atomic E-state index is 13.0. The van der Waals surface area contributed by atoms with Gasteiger partial charge in [0.25, 0.3) is 11.1 Å². The van der Waals surface area contributed by atoms with Crippen LogP contribution >= 0.6 is 11.8 Å². The highest BCUT2D eigenvalue weighted by Gasteiger charge is 2.37. The van der Waals surface area contributed by atoms with E-state index in [9.17, 15) is 14.4 Å². The van der Waals surface area contributed by atoms with Crippen LogP contribution in [-0.2, 0) is 16.0 Å². The van der Waals surface area contributed by atoms with Crippen molar-refractivity contribution in [2.45, 2.75) is 59.3 Å². The lowest BCUT2D eigenvalue weighted by Crippen LogP contribution is -2.44. The van der Waals surface area contributed by atoms with Gasteiger partial charge in [-0.25, -0.2) is 0 Å². The van der Waals surface area contributed by atoms with E-state index in [0.717, 1.165) is 65.0 Å². The van der Waals surface area contributed by atoms with E-state index in [0.29, 0.717) is 18.0 Å². The molecule has 180 valence electrons. The molecular weight excluding hydrogens is 446 g/mol. The van der Waals surface area contributed by atoms with E-state index in [4.69, 9.17) is 0 Å². The second-order valence-corrected chi connectivity index (χ2v) is 10.1. The normalized spacial score (nSPS) is 17.8. The van der Waals surface area contributed by atoms with Crippen LogP contribution in [0.3, 0.4) is 0 Å². The van der Waals surface area contributed by atoms with E-state index in [1.54, 1.807) is 11.0 Å². The third-order valence-electron chi connectivity index (χ3n) is 6.65. The van der Waals surface area contributed by atoms with Crippen LogP contribution in [0.4, 0.5) is 4.79 Å². The fourth-order valence-electron chi connectivity index (χ4n) is 4.68. The van der Waals surface area contributed by atoms with Crippen molar-refractivity contribution in [3.8, 4) is 5.69 Å². The van der Waals surface area contributed by atoms with Crippen molar-refractivity contribution in [2.24, 2.45) is 0 Å². The van der Waals surface area contributed by atoms with E-state index < -0.39 is 0 Å². The summed E-state index contributed by atoms with van der Waals surface area (Å²) in [4.78, 5) is 41.3. The first kappa shape index (κ1) is 24.3. The van der Waals surface area contributed by atoms with E-state index in [2.05, 4.69) is 35.8 Å². The Bertz CT molecular complexity index is 1110. The van der Waals surface area contributed by atoms with Gasteiger partial charge in [0.1, 0.15) is 6.54 Å². The molecular formula is C27H33N3O3S. The van der Waals surface area contributed by atoms with Gasteiger partial charge in [-0.15, -0.1) is 0 Å². The molecule has 0 atom stereocenters. The largest absolute Gasteiger partial charge is 0.341 e. The maximum Gasteiger partial charge on any atom is 0.294 e. The molecule has 0 unspecified atom stereocenters. The molecule has 2 aliphatic rings. The average Bonchev–Trinajstić information content (AvgIpc) is 3.27.